The van der Waals surface area contributed by atoms with Crippen LogP contribution in [0.2, 0.25) is 0 Å². The van der Waals surface area contributed by atoms with E-state index in [2.05, 4.69) is 15.4 Å². The molecule has 26 heavy (non-hydrogen) atoms. The third-order valence-corrected chi connectivity index (χ3v) is 4.11. The van der Waals surface area contributed by atoms with Crippen molar-refractivity contribution in [1.29, 1.82) is 0 Å². The fourth-order valence-corrected chi connectivity index (χ4v) is 2.89. The van der Waals surface area contributed by atoms with E-state index in [-0.39, 0.29) is 5.75 Å². The van der Waals surface area contributed by atoms with Gasteiger partial charge >= 0.3 is 0 Å². The normalized spacial score (nSPS) is 10.8. The Bertz CT molecular complexity index is 1070. The molecule has 7 heteroatoms. The van der Waals surface area contributed by atoms with Gasteiger partial charge < -0.3 is 19.9 Å². The second-order valence-corrected chi connectivity index (χ2v) is 5.71. The Balaban J connectivity index is 1.81. The lowest BCUT2D eigenvalue weighted by Crippen LogP contribution is -1.99. The number of imidazole rings is 1. The summed E-state index contributed by atoms with van der Waals surface area (Å²) < 4.78 is 12.5. The summed E-state index contributed by atoms with van der Waals surface area (Å²) in [6.45, 7) is 0. The van der Waals surface area contributed by atoms with Crippen molar-refractivity contribution in [2.45, 2.75) is 0 Å². The number of methoxy groups -OCH3 is 2. The van der Waals surface area contributed by atoms with Gasteiger partial charge in [0.05, 0.1) is 14.2 Å². The molecule has 0 saturated heterocycles. The maximum absolute atomic E-state index is 9.81. The molecule has 0 amide bonds. The first kappa shape index (κ1) is 15.9. The lowest BCUT2D eigenvalue weighted by molar-refractivity contribution is 0.355. The van der Waals surface area contributed by atoms with Gasteiger partial charge in [-0.15, -0.1) is 0 Å². The predicted molar refractivity (Wildman–Crippen MR) is 99.5 cm³/mol. The zero-order valence-electron chi connectivity index (χ0n) is 14.4. The van der Waals surface area contributed by atoms with Gasteiger partial charge in [0.2, 0.25) is 0 Å². The maximum Gasteiger partial charge on any atom is 0.162 e. The third kappa shape index (κ3) is 2.69. The Morgan fingerprint density at radius 3 is 2.65 bits per heavy atom. The number of ether oxygens (including phenoxy) is 2. The fraction of sp³-hybridized carbons (Fsp3) is 0.105. The van der Waals surface area contributed by atoms with E-state index < -0.39 is 0 Å². The van der Waals surface area contributed by atoms with E-state index in [0.717, 1.165) is 28.4 Å². The summed E-state index contributed by atoms with van der Waals surface area (Å²) in [4.78, 5) is 4.66. The van der Waals surface area contributed by atoms with Crippen molar-refractivity contribution in [3.63, 3.8) is 0 Å². The van der Waals surface area contributed by atoms with Gasteiger partial charge in [0, 0.05) is 29.6 Å². The van der Waals surface area contributed by atoms with E-state index in [0.29, 0.717) is 11.5 Å². The number of hydrogen-bond acceptors (Lipinski definition) is 5. The summed E-state index contributed by atoms with van der Waals surface area (Å²) in [5.74, 6) is 2.23. The molecule has 0 aliphatic carbocycles. The first-order valence-corrected chi connectivity index (χ1v) is 8.04. The van der Waals surface area contributed by atoms with Gasteiger partial charge in [-0.1, -0.05) is 12.1 Å². The molecule has 0 spiro atoms. The van der Waals surface area contributed by atoms with Gasteiger partial charge in [0.25, 0.3) is 0 Å². The standard InChI is InChI=1S/C19H18N4O3/c1-25-15-7-6-13(11-16(15)26-2)21-19-18(12-4-3-5-14(24)10-12)22-17-8-9-20-23(17)19/h3-11,20-21,24H,1-2H3. The van der Waals surface area contributed by atoms with E-state index in [4.69, 9.17) is 9.47 Å². The Kier molecular flexibility index (Phi) is 3.89. The van der Waals surface area contributed by atoms with Crippen LogP contribution >= 0.6 is 0 Å². The van der Waals surface area contributed by atoms with E-state index in [1.807, 2.05) is 41.0 Å². The SMILES string of the molecule is COc1ccc(Nc2c(-c3cccc(O)c3)nc3cc[nH]n23)cc1OC. The zero-order valence-corrected chi connectivity index (χ0v) is 14.4. The lowest BCUT2D eigenvalue weighted by Gasteiger charge is -2.12. The minimum Gasteiger partial charge on any atom is -0.508 e. The number of aromatic hydroxyl groups is 1. The number of H-pyrrole nitrogens is 1. The average Bonchev–Trinajstić information content (AvgIpc) is 3.24. The smallest absolute Gasteiger partial charge is 0.162 e. The molecule has 0 fully saturated rings. The Morgan fingerprint density at radius 2 is 1.88 bits per heavy atom. The largest absolute Gasteiger partial charge is 0.508 e. The van der Waals surface area contributed by atoms with Crippen molar-refractivity contribution >= 4 is 17.2 Å². The van der Waals surface area contributed by atoms with Gasteiger partial charge in [0.1, 0.15) is 11.4 Å². The van der Waals surface area contributed by atoms with Crippen LogP contribution in [0.4, 0.5) is 11.5 Å². The van der Waals surface area contributed by atoms with Crippen LogP contribution in [0.1, 0.15) is 0 Å². The number of phenolic OH excluding ortho intramolecular Hbond substituents is 1. The highest BCUT2D eigenvalue weighted by molar-refractivity contribution is 5.80. The number of nitrogens with one attached hydrogen (secondary N) is 2. The summed E-state index contributed by atoms with van der Waals surface area (Å²) in [6.07, 6.45) is 1.81. The van der Waals surface area contributed by atoms with Crippen LogP contribution in [-0.4, -0.2) is 33.9 Å². The Hall–Kier alpha value is -3.61. The quantitative estimate of drug-likeness (QED) is 0.510. The minimum absolute atomic E-state index is 0.191. The predicted octanol–water partition coefficient (Wildman–Crippen LogP) is 3.80. The lowest BCUT2D eigenvalue weighted by atomic mass is 10.1. The second-order valence-electron chi connectivity index (χ2n) is 5.71. The van der Waals surface area contributed by atoms with Crippen molar-refractivity contribution in [1.82, 2.24) is 14.6 Å². The first-order chi connectivity index (χ1) is 12.7. The van der Waals surface area contributed by atoms with Crippen molar-refractivity contribution in [2.75, 3.05) is 19.5 Å². The highest BCUT2D eigenvalue weighted by atomic mass is 16.5. The van der Waals surface area contributed by atoms with Gasteiger partial charge in [-0.3, -0.25) is 5.10 Å². The topological polar surface area (TPSA) is 83.8 Å². The summed E-state index contributed by atoms with van der Waals surface area (Å²) in [6, 6.07) is 14.5. The first-order valence-electron chi connectivity index (χ1n) is 8.04. The zero-order chi connectivity index (χ0) is 18.1. The molecule has 0 radical (unpaired) electrons. The average molecular weight is 350 g/mol. The number of benzene rings is 2. The Labute approximate surface area is 149 Å². The monoisotopic (exact) mass is 350 g/mol. The molecule has 2 aromatic heterocycles. The molecule has 0 unspecified atom stereocenters. The molecule has 0 bridgehead atoms. The summed E-state index contributed by atoms with van der Waals surface area (Å²) in [5, 5.41) is 16.3. The number of fused-ring (bicyclic) bond motifs is 1. The molecule has 3 N–H and O–H groups in total. The van der Waals surface area contributed by atoms with Crippen LogP contribution in [0.3, 0.4) is 0 Å². The molecular weight excluding hydrogens is 332 g/mol. The molecule has 0 aliphatic heterocycles. The molecule has 4 rings (SSSR count). The van der Waals surface area contributed by atoms with E-state index in [9.17, 15) is 5.11 Å². The van der Waals surface area contributed by atoms with Crippen molar-refractivity contribution in [2.24, 2.45) is 0 Å². The minimum atomic E-state index is 0.191. The number of nitrogens with zero attached hydrogens (tertiary/aromatic N) is 2. The molecule has 2 heterocycles. The van der Waals surface area contributed by atoms with E-state index in [1.54, 1.807) is 32.4 Å². The molecular formula is C19H18N4O3. The maximum atomic E-state index is 9.81. The van der Waals surface area contributed by atoms with Crippen molar-refractivity contribution < 1.29 is 14.6 Å². The molecule has 7 nitrogen and oxygen atoms in total. The number of aromatic amines is 1. The highest BCUT2D eigenvalue weighted by Gasteiger charge is 2.16. The van der Waals surface area contributed by atoms with Gasteiger partial charge in [-0.05, 0) is 24.3 Å². The van der Waals surface area contributed by atoms with Crippen LogP contribution in [0.15, 0.2) is 54.7 Å². The number of hydrogen-bond donors (Lipinski definition) is 3. The van der Waals surface area contributed by atoms with Crippen LogP contribution in [-0.2, 0) is 0 Å². The summed E-state index contributed by atoms with van der Waals surface area (Å²) in [7, 11) is 3.20. The van der Waals surface area contributed by atoms with Gasteiger partial charge in [0.15, 0.2) is 23.0 Å². The van der Waals surface area contributed by atoms with E-state index >= 15 is 0 Å². The molecule has 0 saturated carbocycles. The summed E-state index contributed by atoms with van der Waals surface area (Å²) in [5.41, 5.74) is 3.12. The molecule has 4 aromatic rings. The fourth-order valence-electron chi connectivity index (χ4n) is 2.89. The number of phenols is 1. The van der Waals surface area contributed by atoms with Crippen LogP contribution in [0.5, 0.6) is 17.2 Å². The number of aromatic nitrogens is 3. The molecule has 132 valence electrons. The molecule has 2 aromatic carbocycles. The van der Waals surface area contributed by atoms with Gasteiger partial charge in [-0.2, -0.15) is 0 Å². The van der Waals surface area contributed by atoms with Crippen molar-refractivity contribution in [3.8, 4) is 28.5 Å². The second kappa shape index (κ2) is 6.36. The van der Waals surface area contributed by atoms with Crippen LogP contribution < -0.4 is 14.8 Å². The molecule has 0 atom stereocenters. The highest BCUT2D eigenvalue weighted by Crippen LogP contribution is 2.35. The van der Waals surface area contributed by atoms with Crippen LogP contribution in [0, 0.1) is 0 Å². The Morgan fingerprint density at radius 1 is 1.04 bits per heavy atom. The third-order valence-electron chi connectivity index (χ3n) is 4.11. The summed E-state index contributed by atoms with van der Waals surface area (Å²) >= 11 is 0. The number of rotatable bonds is 5. The number of anilines is 2. The van der Waals surface area contributed by atoms with Gasteiger partial charge in [-0.25, -0.2) is 9.50 Å². The van der Waals surface area contributed by atoms with E-state index in [1.165, 1.54) is 0 Å². The van der Waals surface area contributed by atoms with Crippen molar-refractivity contribution in [3.05, 3.63) is 54.7 Å². The van der Waals surface area contributed by atoms with Crippen LogP contribution in [0.25, 0.3) is 16.9 Å². The molecule has 0 aliphatic rings.